The summed E-state index contributed by atoms with van der Waals surface area (Å²) in [6.07, 6.45) is 2.55. The zero-order valence-corrected chi connectivity index (χ0v) is 18.9. The second-order valence-corrected chi connectivity index (χ2v) is 12.3. The number of hydrogen-bond donors (Lipinski definition) is 0. The number of para-hydroxylation sites is 1. The van der Waals surface area contributed by atoms with E-state index < -0.39 is 0 Å². The smallest absolute Gasteiger partial charge is 0.0765 e. The summed E-state index contributed by atoms with van der Waals surface area (Å²) in [7, 11) is 4.19. The molecule has 0 saturated carbocycles. The number of piperidine rings is 1. The van der Waals surface area contributed by atoms with E-state index in [1.54, 1.807) is 11.9 Å². The summed E-state index contributed by atoms with van der Waals surface area (Å²) in [4.78, 5) is 2.60. The first-order valence-corrected chi connectivity index (χ1v) is 11.8. The standard InChI is InChI=1S/C21H30N2S3/c1-16(24-19-10-11-20(25-19)26-22(4)5)17-8-6-7-9-18(17)23-14-12-21(2,3)13-15-23/h6-11,16H,12-15H2,1-5H3. The van der Waals surface area contributed by atoms with E-state index in [1.807, 2.05) is 23.1 Å². The largest absolute Gasteiger partial charge is 0.371 e. The second kappa shape index (κ2) is 8.59. The molecule has 0 amide bonds. The zero-order valence-electron chi connectivity index (χ0n) is 16.5. The monoisotopic (exact) mass is 406 g/mol. The maximum absolute atomic E-state index is 2.60. The van der Waals surface area contributed by atoms with Crippen LogP contribution in [0.15, 0.2) is 44.8 Å². The Balaban J connectivity index is 1.72. The number of benzene rings is 1. The van der Waals surface area contributed by atoms with Crippen LogP contribution in [0.25, 0.3) is 0 Å². The summed E-state index contributed by atoms with van der Waals surface area (Å²) in [5.74, 6) is 0. The van der Waals surface area contributed by atoms with Gasteiger partial charge in [-0.1, -0.05) is 32.0 Å². The topological polar surface area (TPSA) is 6.48 Å². The molecule has 142 valence electrons. The van der Waals surface area contributed by atoms with Crippen molar-refractivity contribution in [2.24, 2.45) is 5.41 Å². The number of thioether (sulfide) groups is 1. The molecule has 1 atom stereocenters. The van der Waals surface area contributed by atoms with Crippen molar-refractivity contribution < 1.29 is 0 Å². The molecule has 5 heteroatoms. The van der Waals surface area contributed by atoms with Crippen LogP contribution >= 0.6 is 35.0 Å². The van der Waals surface area contributed by atoms with Gasteiger partial charge in [-0.05, 0) is 75.0 Å². The molecule has 2 aromatic rings. The van der Waals surface area contributed by atoms with Crippen molar-refractivity contribution in [1.82, 2.24) is 4.31 Å². The van der Waals surface area contributed by atoms with Gasteiger partial charge in [0, 0.05) is 24.0 Å². The van der Waals surface area contributed by atoms with E-state index >= 15 is 0 Å². The normalized spacial score (nSPS) is 18.3. The number of nitrogens with zero attached hydrogens (tertiary/aromatic N) is 2. The van der Waals surface area contributed by atoms with Gasteiger partial charge in [0.25, 0.3) is 0 Å². The van der Waals surface area contributed by atoms with Crippen LogP contribution in [0.4, 0.5) is 5.69 Å². The SMILES string of the molecule is CC(Sc1ccc(SN(C)C)s1)c1ccccc1N1CCC(C)(C)CC1. The summed E-state index contributed by atoms with van der Waals surface area (Å²) in [5, 5.41) is 0.456. The Hall–Kier alpha value is -0.620. The Morgan fingerprint density at radius 1 is 1.04 bits per heavy atom. The van der Waals surface area contributed by atoms with E-state index in [2.05, 4.69) is 80.5 Å². The molecule has 0 spiro atoms. The van der Waals surface area contributed by atoms with Gasteiger partial charge < -0.3 is 4.90 Å². The van der Waals surface area contributed by atoms with Gasteiger partial charge in [0.05, 0.1) is 8.42 Å². The molecule has 1 saturated heterocycles. The minimum Gasteiger partial charge on any atom is -0.371 e. The molecule has 0 radical (unpaired) electrons. The second-order valence-electron chi connectivity index (χ2n) is 7.95. The minimum absolute atomic E-state index is 0.456. The molecule has 2 nitrogen and oxygen atoms in total. The highest BCUT2D eigenvalue weighted by molar-refractivity contribution is 8.02. The molecule has 0 bridgehead atoms. The van der Waals surface area contributed by atoms with Gasteiger partial charge in [-0.15, -0.1) is 23.1 Å². The van der Waals surface area contributed by atoms with Gasteiger partial charge in [-0.2, -0.15) is 0 Å². The van der Waals surface area contributed by atoms with E-state index in [0.29, 0.717) is 10.7 Å². The quantitative estimate of drug-likeness (QED) is 0.384. The number of anilines is 1. The van der Waals surface area contributed by atoms with Crippen molar-refractivity contribution in [1.29, 1.82) is 0 Å². The molecule has 1 aromatic heterocycles. The highest BCUT2D eigenvalue weighted by Crippen LogP contribution is 2.44. The van der Waals surface area contributed by atoms with Gasteiger partial charge in [0.15, 0.2) is 0 Å². The molecule has 0 N–H and O–H groups in total. The lowest BCUT2D eigenvalue weighted by Crippen LogP contribution is -2.37. The first-order chi connectivity index (χ1) is 12.3. The van der Waals surface area contributed by atoms with Gasteiger partial charge in [0.1, 0.15) is 0 Å². The van der Waals surface area contributed by atoms with Gasteiger partial charge in [0.2, 0.25) is 0 Å². The Bertz CT molecular complexity index is 714. The molecule has 1 unspecified atom stereocenters. The average molecular weight is 407 g/mol. The Morgan fingerprint density at radius 3 is 2.38 bits per heavy atom. The summed E-state index contributed by atoms with van der Waals surface area (Å²) in [6, 6.07) is 13.5. The van der Waals surface area contributed by atoms with Gasteiger partial charge in [-0.25, -0.2) is 0 Å². The van der Waals surface area contributed by atoms with Crippen LogP contribution < -0.4 is 4.90 Å². The molecule has 1 aromatic carbocycles. The van der Waals surface area contributed by atoms with Crippen molar-refractivity contribution >= 4 is 40.7 Å². The summed E-state index contributed by atoms with van der Waals surface area (Å²) in [6.45, 7) is 9.48. The molecular weight excluding hydrogens is 376 g/mol. The zero-order chi connectivity index (χ0) is 18.7. The highest BCUT2D eigenvalue weighted by atomic mass is 32.2. The lowest BCUT2D eigenvalue weighted by Gasteiger charge is -2.39. The molecule has 1 aliphatic rings. The van der Waals surface area contributed by atoms with Crippen LogP contribution in [0.1, 0.15) is 44.4 Å². The fourth-order valence-electron chi connectivity index (χ4n) is 3.31. The van der Waals surface area contributed by atoms with Crippen molar-refractivity contribution in [3.8, 4) is 0 Å². The van der Waals surface area contributed by atoms with Crippen molar-refractivity contribution in [2.45, 2.75) is 47.3 Å². The molecule has 1 aliphatic heterocycles. The third-order valence-electron chi connectivity index (χ3n) is 4.95. The van der Waals surface area contributed by atoms with Crippen LogP contribution in [0.3, 0.4) is 0 Å². The third-order valence-corrected chi connectivity index (χ3v) is 8.30. The van der Waals surface area contributed by atoms with Crippen molar-refractivity contribution in [3.05, 3.63) is 42.0 Å². The maximum Gasteiger partial charge on any atom is 0.0765 e. The molecule has 3 rings (SSSR count). The molecule has 2 heterocycles. The first kappa shape index (κ1) is 20.1. The Kier molecular flexibility index (Phi) is 6.65. The lowest BCUT2D eigenvalue weighted by atomic mass is 9.82. The van der Waals surface area contributed by atoms with Crippen molar-refractivity contribution in [3.63, 3.8) is 0 Å². The van der Waals surface area contributed by atoms with E-state index in [-0.39, 0.29) is 0 Å². The maximum atomic E-state index is 2.60. The fourth-order valence-corrected chi connectivity index (χ4v) is 7.00. The van der Waals surface area contributed by atoms with Crippen LogP contribution in [-0.2, 0) is 0 Å². The third kappa shape index (κ3) is 5.22. The first-order valence-electron chi connectivity index (χ1n) is 9.30. The molecular formula is C21H30N2S3. The fraction of sp³-hybridized carbons (Fsp3) is 0.524. The van der Waals surface area contributed by atoms with E-state index in [1.165, 1.54) is 45.6 Å². The van der Waals surface area contributed by atoms with Crippen LogP contribution in [0.5, 0.6) is 0 Å². The predicted molar refractivity (Wildman–Crippen MR) is 120 cm³/mol. The molecule has 26 heavy (non-hydrogen) atoms. The Labute approximate surface area is 171 Å². The Morgan fingerprint density at radius 2 is 1.69 bits per heavy atom. The van der Waals surface area contributed by atoms with E-state index in [0.717, 1.165) is 0 Å². The van der Waals surface area contributed by atoms with Gasteiger partial charge in [-0.3, -0.25) is 4.31 Å². The summed E-state index contributed by atoms with van der Waals surface area (Å²) in [5.41, 5.74) is 3.39. The van der Waals surface area contributed by atoms with Crippen LogP contribution in [0, 0.1) is 5.41 Å². The van der Waals surface area contributed by atoms with Crippen LogP contribution in [0.2, 0.25) is 0 Å². The van der Waals surface area contributed by atoms with E-state index in [9.17, 15) is 0 Å². The van der Waals surface area contributed by atoms with Crippen molar-refractivity contribution in [2.75, 3.05) is 32.1 Å². The van der Waals surface area contributed by atoms with Gasteiger partial charge >= 0.3 is 0 Å². The highest BCUT2D eigenvalue weighted by Gasteiger charge is 2.27. The lowest BCUT2D eigenvalue weighted by molar-refractivity contribution is 0.279. The predicted octanol–water partition coefficient (Wildman–Crippen LogP) is 6.80. The van der Waals surface area contributed by atoms with E-state index in [4.69, 9.17) is 0 Å². The summed E-state index contributed by atoms with van der Waals surface area (Å²) < 4.78 is 4.91. The summed E-state index contributed by atoms with van der Waals surface area (Å²) >= 11 is 5.68. The van der Waals surface area contributed by atoms with Crippen LogP contribution in [-0.4, -0.2) is 31.5 Å². The molecule has 0 aliphatic carbocycles. The minimum atomic E-state index is 0.456. The number of thiophene rings is 1. The number of rotatable bonds is 6. The average Bonchev–Trinajstić information content (AvgIpc) is 3.01. The molecule has 1 fully saturated rings. The number of hydrogen-bond acceptors (Lipinski definition) is 5.